The maximum absolute atomic E-state index is 12.8. The van der Waals surface area contributed by atoms with Crippen LogP contribution in [-0.4, -0.2) is 17.6 Å². The molecule has 1 amide bonds. The van der Waals surface area contributed by atoms with E-state index < -0.39 is 11.9 Å². The van der Waals surface area contributed by atoms with Crippen LogP contribution in [0.25, 0.3) is 0 Å². The van der Waals surface area contributed by atoms with E-state index in [0.29, 0.717) is 5.56 Å². The second kappa shape index (κ2) is 5.89. The molecule has 4 heteroatoms. The molecule has 3 nitrogen and oxygen atoms in total. The highest BCUT2D eigenvalue weighted by molar-refractivity contribution is 5.76. The van der Waals surface area contributed by atoms with Crippen LogP contribution in [0.4, 0.5) is 4.39 Å². The fourth-order valence-corrected chi connectivity index (χ4v) is 1.23. The van der Waals surface area contributed by atoms with E-state index in [1.54, 1.807) is 6.07 Å². The molecule has 0 saturated heterocycles. The van der Waals surface area contributed by atoms with Gasteiger partial charge in [0.15, 0.2) is 0 Å². The molecule has 0 bridgehead atoms. The molecule has 0 fully saturated rings. The zero-order valence-corrected chi connectivity index (χ0v) is 8.61. The lowest BCUT2D eigenvalue weighted by Crippen LogP contribution is -2.25. The van der Waals surface area contributed by atoms with Crippen molar-refractivity contribution in [1.82, 2.24) is 5.32 Å². The molecule has 0 aromatic heterocycles. The number of terminal acetylenes is 1. The minimum absolute atomic E-state index is 0.120. The normalized spacial score (nSPS) is 11.6. The Morgan fingerprint density at radius 3 is 3.00 bits per heavy atom. The van der Waals surface area contributed by atoms with Crippen LogP contribution in [0.5, 0.6) is 0 Å². The number of amides is 1. The van der Waals surface area contributed by atoms with Crippen LogP contribution < -0.4 is 5.32 Å². The monoisotopic (exact) mass is 221 g/mol. The maximum atomic E-state index is 12.8. The number of carbonyl (C=O) groups excluding carboxylic acids is 1. The number of halogens is 1. The molecule has 84 valence electrons. The van der Waals surface area contributed by atoms with Gasteiger partial charge >= 0.3 is 0 Å². The number of hydrogen-bond acceptors (Lipinski definition) is 2. The molecule has 0 aliphatic heterocycles. The molecule has 1 unspecified atom stereocenters. The predicted molar refractivity (Wildman–Crippen MR) is 57.8 cm³/mol. The molecule has 1 aromatic carbocycles. The summed E-state index contributed by atoms with van der Waals surface area (Å²) in [5.74, 6) is 1.44. The summed E-state index contributed by atoms with van der Waals surface area (Å²) in [7, 11) is 0. The first-order valence-electron chi connectivity index (χ1n) is 4.77. The first-order chi connectivity index (χ1) is 7.63. The summed E-state index contributed by atoms with van der Waals surface area (Å²) >= 11 is 0. The van der Waals surface area contributed by atoms with Crippen LogP contribution in [0.15, 0.2) is 24.3 Å². The lowest BCUT2D eigenvalue weighted by Gasteiger charge is -2.10. The average Bonchev–Trinajstić information content (AvgIpc) is 2.26. The zero-order chi connectivity index (χ0) is 12.0. The number of hydrogen-bond donors (Lipinski definition) is 2. The number of nitrogens with one attached hydrogen (secondary N) is 1. The van der Waals surface area contributed by atoms with Crippen LogP contribution in [0.1, 0.15) is 18.1 Å². The molecule has 16 heavy (non-hydrogen) atoms. The summed E-state index contributed by atoms with van der Waals surface area (Å²) in [6.45, 7) is 0.120. The van der Waals surface area contributed by atoms with Crippen molar-refractivity contribution in [2.75, 3.05) is 6.54 Å². The van der Waals surface area contributed by atoms with E-state index in [-0.39, 0.29) is 18.9 Å². The van der Waals surface area contributed by atoms with E-state index in [4.69, 9.17) is 6.42 Å². The fraction of sp³-hybridized carbons (Fsp3) is 0.250. The van der Waals surface area contributed by atoms with Gasteiger partial charge in [-0.2, -0.15) is 0 Å². The second-order valence-electron chi connectivity index (χ2n) is 3.26. The largest absolute Gasteiger partial charge is 0.388 e. The van der Waals surface area contributed by atoms with Crippen molar-refractivity contribution >= 4 is 5.91 Å². The van der Waals surface area contributed by atoms with Gasteiger partial charge in [0.25, 0.3) is 0 Å². The lowest BCUT2D eigenvalue weighted by molar-refractivity contribution is -0.122. The van der Waals surface area contributed by atoms with E-state index >= 15 is 0 Å². The lowest BCUT2D eigenvalue weighted by atomic mass is 10.1. The van der Waals surface area contributed by atoms with E-state index in [1.807, 2.05) is 0 Å². The fourth-order valence-electron chi connectivity index (χ4n) is 1.23. The first kappa shape index (κ1) is 12.2. The topological polar surface area (TPSA) is 49.3 Å². The smallest absolute Gasteiger partial charge is 0.223 e. The number of benzene rings is 1. The maximum Gasteiger partial charge on any atom is 0.223 e. The van der Waals surface area contributed by atoms with Gasteiger partial charge < -0.3 is 10.4 Å². The standard InChI is InChI=1S/C12H12FNO2/c1-2-6-14-12(16)8-11(15)9-4-3-5-10(13)7-9/h1,3-5,7,11,15H,6,8H2,(H,14,16). The van der Waals surface area contributed by atoms with E-state index in [1.165, 1.54) is 18.2 Å². The van der Waals surface area contributed by atoms with Gasteiger partial charge in [-0.05, 0) is 17.7 Å². The van der Waals surface area contributed by atoms with Crippen molar-refractivity contribution in [3.63, 3.8) is 0 Å². The summed E-state index contributed by atoms with van der Waals surface area (Å²) < 4.78 is 12.8. The highest BCUT2D eigenvalue weighted by Gasteiger charge is 2.12. The van der Waals surface area contributed by atoms with Gasteiger partial charge in [-0.15, -0.1) is 6.42 Å². The van der Waals surface area contributed by atoms with Gasteiger partial charge in [0.1, 0.15) is 5.82 Å². The van der Waals surface area contributed by atoms with Crippen LogP contribution in [0.2, 0.25) is 0 Å². The molecule has 0 aliphatic rings. The first-order valence-corrected chi connectivity index (χ1v) is 4.77. The van der Waals surface area contributed by atoms with Crippen molar-refractivity contribution in [3.05, 3.63) is 35.6 Å². The van der Waals surface area contributed by atoms with Gasteiger partial charge in [0.2, 0.25) is 5.91 Å². The minimum Gasteiger partial charge on any atom is -0.388 e. The number of aliphatic hydroxyl groups is 1. The summed E-state index contributed by atoms with van der Waals surface area (Å²) in [5, 5.41) is 12.1. The Kier molecular flexibility index (Phi) is 4.49. The summed E-state index contributed by atoms with van der Waals surface area (Å²) in [6.07, 6.45) is 3.81. The van der Waals surface area contributed by atoms with Gasteiger partial charge in [0, 0.05) is 0 Å². The quantitative estimate of drug-likeness (QED) is 0.745. The molecule has 1 rings (SSSR count). The highest BCUT2D eigenvalue weighted by atomic mass is 19.1. The highest BCUT2D eigenvalue weighted by Crippen LogP contribution is 2.16. The third kappa shape index (κ3) is 3.71. The Morgan fingerprint density at radius 2 is 2.38 bits per heavy atom. The zero-order valence-electron chi connectivity index (χ0n) is 8.61. The molecular formula is C12H12FNO2. The third-order valence-electron chi connectivity index (χ3n) is 2.00. The summed E-state index contributed by atoms with van der Waals surface area (Å²) in [5.41, 5.74) is 0.371. The second-order valence-corrected chi connectivity index (χ2v) is 3.26. The molecule has 2 N–H and O–H groups in total. The van der Waals surface area contributed by atoms with Gasteiger partial charge in [-0.3, -0.25) is 4.79 Å². The molecular weight excluding hydrogens is 209 g/mol. The van der Waals surface area contributed by atoms with Crippen LogP contribution >= 0.6 is 0 Å². The summed E-state index contributed by atoms with van der Waals surface area (Å²) in [6, 6.07) is 5.50. The van der Waals surface area contributed by atoms with Crippen molar-refractivity contribution in [1.29, 1.82) is 0 Å². The van der Waals surface area contributed by atoms with Crippen molar-refractivity contribution in [2.24, 2.45) is 0 Å². The van der Waals surface area contributed by atoms with Crippen molar-refractivity contribution in [2.45, 2.75) is 12.5 Å². The van der Waals surface area contributed by atoms with Gasteiger partial charge in [0.05, 0.1) is 19.1 Å². The average molecular weight is 221 g/mol. The number of carbonyl (C=O) groups is 1. The summed E-state index contributed by atoms with van der Waals surface area (Å²) in [4.78, 5) is 11.2. The minimum atomic E-state index is -1.02. The van der Waals surface area contributed by atoms with Gasteiger partial charge in [-0.25, -0.2) is 4.39 Å². The van der Waals surface area contributed by atoms with E-state index in [0.717, 1.165) is 0 Å². The van der Waals surface area contributed by atoms with Crippen LogP contribution in [0.3, 0.4) is 0 Å². The van der Waals surface area contributed by atoms with Crippen LogP contribution in [0, 0.1) is 18.2 Å². The molecule has 0 spiro atoms. The van der Waals surface area contributed by atoms with E-state index in [2.05, 4.69) is 11.2 Å². The molecule has 1 aromatic rings. The van der Waals surface area contributed by atoms with Crippen LogP contribution in [-0.2, 0) is 4.79 Å². The Bertz CT molecular complexity index is 412. The van der Waals surface area contributed by atoms with Gasteiger partial charge in [-0.1, -0.05) is 18.1 Å². The molecule has 0 heterocycles. The molecule has 0 aliphatic carbocycles. The van der Waals surface area contributed by atoms with Crippen molar-refractivity contribution < 1.29 is 14.3 Å². The Balaban J connectivity index is 2.56. The SMILES string of the molecule is C#CCNC(=O)CC(O)c1cccc(F)c1. The van der Waals surface area contributed by atoms with Crippen molar-refractivity contribution in [3.8, 4) is 12.3 Å². The Hall–Kier alpha value is -1.86. The Labute approximate surface area is 93.3 Å². The molecule has 0 radical (unpaired) electrons. The predicted octanol–water partition coefficient (Wildman–Crippen LogP) is 0.999. The molecule has 1 atom stereocenters. The number of aliphatic hydroxyl groups excluding tert-OH is 1. The molecule has 0 saturated carbocycles. The Morgan fingerprint density at radius 1 is 1.62 bits per heavy atom. The van der Waals surface area contributed by atoms with E-state index in [9.17, 15) is 14.3 Å². The third-order valence-corrected chi connectivity index (χ3v) is 2.00. The number of rotatable bonds is 4.